The fourth-order valence-electron chi connectivity index (χ4n) is 2.26. The zero-order chi connectivity index (χ0) is 17.4. The Kier molecular flexibility index (Phi) is 9.81. The standard InChI is InChI=1S/C18H26N4OS.HI/c1-4-19-18(21-12-17-22-13(2)14(3)24-17)20-11-5-6-15-7-9-16(23)10-8-15;/h7-10,23H,4-6,11-12H2,1-3H3,(H2,19,20,21);1H. The van der Waals surface area contributed by atoms with Crippen LogP contribution >= 0.6 is 35.3 Å². The van der Waals surface area contributed by atoms with Crippen molar-refractivity contribution in [3.05, 3.63) is 45.4 Å². The van der Waals surface area contributed by atoms with E-state index >= 15 is 0 Å². The van der Waals surface area contributed by atoms with Crippen LogP contribution in [0.2, 0.25) is 0 Å². The highest BCUT2D eigenvalue weighted by Crippen LogP contribution is 2.17. The van der Waals surface area contributed by atoms with Crippen LogP contribution in [-0.4, -0.2) is 29.1 Å². The number of aliphatic imine (C=N–C) groups is 1. The van der Waals surface area contributed by atoms with Crippen molar-refractivity contribution in [3.8, 4) is 5.75 Å². The Morgan fingerprint density at radius 3 is 2.52 bits per heavy atom. The molecule has 25 heavy (non-hydrogen) atoms. The molecule has 0 atom stereocenters. The average Bonchev–Trinajstić information content (AvgIpc) is 2.89. The maximum Gasteiger partial charge on any atom is 0.191 e. The molecule has 0 aliphatic heterocycles. The molecule has 0 radical (unpaired) electrons. The van der Waals surface area contributed by atoms with Gasteiger partial charge in [-0.25, -0.2) is 9.98 Å². The summed E-state index contributed by atoms with van der Waals surface area (Å²) in [5, 5.41) is 17.0. The number of hydrogen-bond acceptors (Lipinski definition) is 4. The van der Waals surface area contributed by atoms with Gasteiger partial charge in [0.1, 0.15) is 10.8 Å². The molecule has 1 aromatic heterocycles. The predicted octanol–water partition coefficient (Wildman–Crippen LogP) is 3.77. The van der Waals surface area contributed by atoms with Crippen molar-refractivity contribution in [3.63, 3.8) is 0 Å². The molecule has 0 bridgehead atoms. The van der Waals surface area contributed by atoms with Crippen LogP contribution in [0.1, 0.15) is 34.5 Å². The van der Waals surface area contributed by atoms with Gasteiger partial charge in [0.2, 0.25) is 0 Å². The first-order valence-corrected chi connectivity index (χ1v) is 9.13. The molecule has 0 aliphatic rings. The predicted molar refractivity (Wildman–Crippen MR) is 116 cm³/mol. The van der Waals surface area contributed by atoms with Gasteiger partial charge in [0.25, 0.3) is 0 Å². The fourth-order valence-corrected chi connectivity index (χ4v) is 3.12. The highest BCUT2D eigenvalue weighted by molar-refractivity contribution is 14.0. The summed E-state index contributed by atoms with van der Waals surface area (Å²) < 4.78 is 0. The minimum Gasteiger partial charge on any atom is -0.508 e. The SMILES string of the molecule is CCNC(=NCc1nc(C)c(C)s1)NCCCc1ccc(O)cc1.I. The molecule has 7 heteroatoms. The quantitative estimate of drug-likeness (QED) is 0.247. The normalized spacial score (nSPS) is 11.1. The van der Waals surface area contributed by atoms with Crippen LogP contribution in [0, 0.1) is 13.8 Å². The third-order valence-electron chi connectivity index (χ3n) is 3.66. The Hall–Kier alpha value is -1.35. The summed E-state index contributed by atoms with van der Waals surface area (Å²) in [6, 6.07) is 7.38. The van der Waals surface area contributed by atoms with Crippen LogP contribution in [0.15, 0.2) is 29.3 Å². The van der Waals surface area contributed by atoms with Gasteiger partial charge in [0.15, 0.2) is 5.96 Å². The van der Waals surface area contributed by atoms with E-state index in [9.17, 15) is 5.11 Å². The van der Waals surface area contributed by atoms with Gasteiger partial charge >= 0.3 is 0 Å². The Morgan fingerprint density at radius 1 is 1.20 bits per heavy atom. The van der Waals surface area contributed by atoms with E-state index in [4.69, 9.17) is 0 Å². The van der Waals surface area contributed by atoms with Crippen LogP contribution in [0.4, 0.5) is 0 Å². The van der Waals surface area contributed by atoms with Gasteiger partial charge in [0.05, 0.1) is 12.2 Å². The van der Waals surface area contributed by atoms with Crippen molar-refractivity contribution in [2.75, 3.05) is 13.1 Å². The molecular weight excluding hydrogens is 447 g/mol. The Bertz CT molecular complexity index is 651. The second kappa shape index (κ2) is 11.3. The van der Waals surface area contributed by atoms with Crippen molar-refractivity contribution in [2.45, 2.75) is 40.2 Å². The molecule has 2 rings (SSSR count). The van der Waals surface area contributed by atoms with E-state index in [1.54, 1.807) is 23.5 Å². The largest absolute Gasteiger partial charge is 0.508 e. The van der Waals surface area contributed by atoms with Crippen molar-refractivity contribution in [2.24, 2.45) is 4.99 Å². The monoisotopic (exact) mass is 474 g/mol. The highest BCUT2D eigenvalue weighted by Gasteiger charge is 2.04. The minimum atomic E-state index is 0. The molecular formula is C18H27IN4OS. The molecule has 0 saturated heterocycles. The smallest absolute Gasteiger partial charge is 0.191 e. The number of nitrogens with one attached hydrogen (secondary N) is 2. The number of hydrogen-bond donors (Lipinski definition) is 3. The Labute approximate surface area is 171 Å². The van der Waals surface area contributed by atoms with Gasteiger partial charge in [-0.1, -0.05) is 12.1 Å². The van der Waals surface area contributed by atoms with E-state index in [2.05, 4.69) is 34.5 Å². The maximum atomic E-state index is 9.29. The van der Waals surface area contributed by atoms with Gasteiger partial charge in [-0.05, 0) is 51.3 Å². The number of thiazole rings is 1. The summed E-state index contributed by atoms with van der Waals surface area (Å²) in [5.74, 6) is 1.14. The number of phenolic OH excluding ortho intramolecular Hbond substituents is 1. The van der Waals surface area contributed by atoms with Gasteiger partial charge in [-0.2, -0.15) is 0 Å². The summed E-state index contributed by atoms with van der Waals surface area (Å²) in [7, 11) is 0. The van der Waals surface area contributed by atoms with Crippen LogP contribution in [0.25, 0.3) is 0 Å². The molecule has 1 heterocycles. The topological polar surface area (TPSA) is 69.5 Å². The summed E-state index contributed by atoms with van der Waals surface area (Å²) in [6.45, 7) is 8.47. The van der Waals surface area contributed by atoms with Crippen LogP contribution < -0.4 is 10.6 Å². The molecule has 0 aliphatic carbocycles. The average molecular weight is 474 g/mol. The second-order valence-corrected chi connectivity index (χ2v) is 6.93. The zero-order valence-electron chi connectivity index (χ0n) is 15.0. The van der Waals surface area contributed by atoms with Gasteiger partial charge in [-0.3, -0.25) is 0 Å². The van der Waals surface area contributed by atoms with Crippen molar-refractivity contribution in [1.29, 1.82) is 0 Å². The highest BCUT2D eigenvalue weighted by atomic mass is 127. The van der Waals surface area contributed by atoms with Gasteiger partial charge in [-0.15, -0.1) is 35.3 Å². The molecule has 0 spiro atoms. The lowest BCUT2D eigenvalue weighted by molar-refractivity contribution is 0.475. The summed E-state index contributed by atoms with van der Waals surface area (Å²) in [5.41, 5.74) is 2.32. The van der Waals surface area contributed by atoms with Crippen LogP contribution in [-0.2, 0) is 13.0 Å². The number of aromatic nitrogens is 1. The number of benzene rings is 1. The van der Waals surface area contributed by atoms with Crippen LogP contribution in [0.5, 0.6) is 5.75 Å². The number of guanidine groups is 1. The van der Waals surface area contributed by atoms with E-state index in [-0.39, 0.29) is 24.0 Å². The minimum absolute atomic E-state index is 0. The molecule has 0 unspecified atom stereocenters. The third kappa shape index (κ3) is 7.60. The van der Waals surface area contributed by atoms with E-state index in [0.29, 0.717) is 12.3 Å². The van der Waals surface area contributed by atoms with E-state index in [1.165, 1.54) is 10.4 Å². The number of rotatable bonds is 7. The number of aromatic hydroxyl groups is 1. The Morgan fingerprint density at radius 2 is 1.92 bits per heavy atom. The first-order chi connectivity index (χ1) is 11.6. The molecule has 5 nitrogen and oxygen atoms in total. The maximum absolute atomic E-state index is 9.29. The Balaban J connectivity index is 0.00000312. The molecule has 0 saturated carbocycles. The number of phenols is 1. The fraction of sp³-hybridized carbons (Fsp3) is 0.444. The zero-order valence-corrected chi connectivity index (χ0v) is 18.1. The van der Waals surface area contributed by atoms with Gasteiger partial charge in [0, 0.05) is 18.0 Å². The molecule has 138 valence electrons. The molecule has 1 aromatic carbocycles. The number of aryl methyl sites for hydroxylation is 3. The number of nitrogens with zero attached hydrogens (tertiary/aromatic N) is 2. The number of halogens is 1. The van der Waals surface area contributed by atoms with Crippen LogP contribution in [0.3, 0.4) is 0 Å². The first kappa shape index (κ1) is 21.7. The molecule has 0 amide bonds. The summed E-state index contributed by atoms with van der Waals surface area (Å²) in [4.78, 5) is 10.4. The lowest BCUT2D eigenvalue weighted by Gasteiger charge is -2.11. The third-order valence-corrected chi connectivity index (χ3v) is 4.72. The van der Waals surface area contributed by atoms with E-state index in [0.717, 1.165) is 42.6 Å². The summed E-state index contributed by atoms with van der Waals surface area (Å²) >= 11 is 1.71. The second-order valence-electron chi connectivity index (χ2n) is 5.64. The lowest BCUT2D eigenvalue weighted by atomic mass is 10.1. The van der Waals surface area contributed by atoms with E-state index < -0.39 is 0 Å². The lowest BCUT2D eigenvalue weighted by Crippen LogP contribution is -2.37. The summed E-state index contributed by atoms with van der Waals surface area (Å²) in [6.07, 6.45) is 1.97. The first-order valence-electron chi connectivity index (χ1n) is 8.31. The van der Waals surface area contributed by atoms with Crippen molar-refractivity contribution >= 4 is 41.3 Å². The van der Waals surface area contributed by atoms with Gasteiger partial charge < -0.3 is 15.7 Å². The van der Waals surface area contributed by atoms with E-state index in [1.807, 2.05) is 19.1 Å². The molecule has 2 aromatic rings. The van der Waals surface area contributed by atoms with Crippen molar-refractivity contribution in [1.82, 2.24) is 15.6 Å². The van der Waals surface area contributed by atoms with Crippen molar-refractivity contribution < 1.29 is 5.11 Å². The molecule has 3 N–H and O–H groups in total. The molecule has 0 fully saturated rings.